The lowest BCUT2D eigenvalue weighted by molar-refractivity contribution is -0.150. The Morgan fingerprint density at radius 2 is 2.37 bits per heavy atom. The van der Waals surface area contributed by atoms with Crippen molar-refractivity contribution in [1.82, 2.24) is 9.88 Å². The molecule has 102 valence electrons. The zero-order valence-corrected chi connectivity index (χ0v) is 10.7. The van der Waals surface area contributed by atoms with Crippen molar-refractivity contribution in [2.45, 2.75) is 31.9 Å². The van der Waals surface area contributed by atoms with Gasteiger partial charge in [-0.25, -0.2) is 4.79 Å². The average Bonchev–Trinajstić information content (AvgIpc) is 2.88. The van der Waals surface area contributed by atoms with Gasteiger partial charge in [0.2, 0.25) is 0 Å². The largest absolute Gasteiger partial charge is 0.480 e. The van der Waals surface area contributed by atoms with Crippen LogP contribution in [-0.4, -0.2) is 45.6 Å². The lowest BCUT2D eigenvalue weighted by Crippen LogP contribution is -2.46. The summed E-state index contributed by atoms with van der Waals surface area (Å²) in [6.07, 6.45) is 3.62. The summed E-state index contributed by atoms with van der Waals surface area (Å²) in [5.74, 6) is -0.761. The Balaban J connectivity index is 2.01. The van der Waals surface area contributed by atoms with Gasteiger partial charge in [0.05, 0.1) is 6.20 Å². The summed E-state index contributed by atoms with van der Waals surface area (Å²) in [6, 6.07) is 2.69. The Kier molecular flexibility index (Phi) is 3.99. The molecule has 0 spiro atoms. The van der Waals surface area contributed by atoms with Crippen molar-refractivity contribution in [3.8, 4) is 5.75 Å². The zero-order chi connectivity index (χ0) is 13.8. The molecule has 1 aliphatic rings. The molecule has 1 aromatic heterocycles. The number of aromatic nitrogens is 1. The second-order valence-electron chi connectivity index (χ2n) is 4.48. The summed E-state index contributed by atoms with van der Waals surface area (Å²) < 4.78 is 5.47. The number of carbonyl (C=O) groups is 2. The third-order valence-electron chi connectivity index (χ3n) is 3.12. The first-order chi connectivity index (χ1) is 9.09. The van der Waals surface area contributed by atoms with E-state index < -0.39 is 18.1 Å². The number of carbonyl (C=O) groups excluding carboxylic acids is 1. The molecule has 0 unspecified atom stereocenters. The Morgan fingerprint density at radius 3 is 3.00 bits per heavy atom. The number of carboxylic acid groups (broad SMARTS) is 1. The van der Waals surface area contributed by atoms with Crippen LogP contribution in [0.1, 0.15) is 19.8 Å². The highest BCUT2D eigenvalue weighted by molar-refractivity contribution is 5.86. The second-order valence-corrected chi connectivity index (χ2v) is 4.48. The molecule has 19 heavy (non-hydrogen) atoms. The SMILES string of the molecule is C[C@H](Oc1cccnc1)C(=O)N1CCC[C@H]1C(=O)O. The lowest BCUT2D eigenvalue weighted by Gasteiger charge is -2.25. The number of carboxylic acids is 1. The number of likely N-dealkylation sites (tertiary alicyclic amines) is 1. The van der Waals surface area contributed by atoms with E-state index in [-0.39, 0.29) is 5.91 Å². The van der Waals surface area contributed by atoms with Crippen LogP contribution in [0.3, 0.4) is 0 Å². The predicted molar refractivity (Wildman–Crippen MR) is 66.7 cm³/mol. The van der Waals surface area contributed by atoms with E-state index in [1.165, 1.54) is 11.1 Å². The second kappa shape index (κ2) is 5.69. The molecule has 0 radical (unpaired) electrons. The number of aliphatic carboxylic acids is 1. The minimum Gasteiger partial charge on any atom is -0.480 e. The molecule has 2 heterocycles. The number of hydrogen-bond donors (Lipinski definition) is 1. The van der Waals surface area contributed by atoms with Gasteiger partial charge in [0.15, 0.2) is 6.10 Å². The van der Waals surface area contributed by atoms with Crippen LogP contribution in [0.5, 0.6) is 5.75 Å². The molecule has 1 aliphatic heterocycles. The number of nitrogens with zero attached hydrogens (tertiary/aromatic N) is 2. The van der Waals surface area contributed by atoms with E-state index in [1.807, 2.05) is 0 Å². The normalized spacial score (nSPS) is 20.1. The fourth-order valence-electron chi connectivity index (χ4n) is 2.19. The van der Waals surface area contributed by atoms with E-state index >= 15 is 0 Å². The van der Waals surface area contributed by atoms with Gasteiger partial charge < -0.3 is 14.7 Å². The Morgan fingerprint density at radius 1 is 1.58 bits per heavy atom. The predicted octanol–water partition coefficient (Wildman–Crippen LogP) is 0.924. The van der Waals surface area contributed by atoms with E-state index in [4.69, 9.17) is 9.84 Å². The van der Waals surface area contributed by atoms with Crippen LogP contribution in [-0.2, 0) is 9.59 Å². The maximum atomic E-state index is 12.2. The molecule has 6 nitrogen and oxygen atoms in total. The third-order valence-corrected chi connectivity index (χ3v) is 3.12. The smallest absolute Gasteiger partial charge is 0.326 e. The molecule has 0 bridgehead atoms. The topological polar surface area (TPSA) is 79.7 Å². The van der Waals surface area contributed by atoms with Gasteiger partial charge in [0.25, 0.3) is 5.91 Å². The molecule has 2 rings (SSSR count). The number of rotatable bonds is 4. The fraction of sp³-hybridized carbons (Fsp3) is 0.462. The van der Waals surface area contributed by atoms with Crippen LogP contribution in [0.2, 0.25) is 0 Å². The van der Waals surface area contributed by atoms with Gasteiger partial charge in [-0.05, 0) is 31.9 Å². The summed E-state index contributed by atoms with van der Waals surface area (Å²) in [6.45, 7) is 2.09. The summed E-state index contributed by atoms with van der Waals surface area (Å²) in [5, 5.41) is 9.06. The zero-order valence-electron chi connectivity index (χ0n) is 10.7. The van der Waals surface area contributed by atoms with E-state index in [2.05, 4.69) is 4.98 Å². The van der Waals surface area contributed by atoms with E-state index in [1.54, 1.807) is 25.3 Å². The lowest BCUT2D eigenvalue weighted by atomic mass is 10.2. The maximum absolute atomic E-state index is 12.2. The van der Waals surface area contributed by atoms with Crippen LogP contribution in [0, 0.1) is 0 Å². The molecule has 1 N–H and O–H groups in total. The van der Waals surface area contributed by atoms with Crippen LogP contribution < -0.4 is 4.74 Å². The molecular formula is C13H16N2O4. The van der Waals surface area contributed by atoms with Crippen molar-refractivity contribution in [1.29, 1.82) is 0 Å². The van der Waals surface area contributed by atoms with Crippen LogP contribution in [0.4, 0.5) is 0 Å². The van der Waals surface area contributed by atoms with Crippen molar-refractivity contribution in [2.75, 3.05) is 6.54 Å². The van der Waals surface area contributed by atoms with Gasteiger partial charge in [-0.2, -0.15) is 0 Å². The molecule has 1 fully saturated rings. The minimum atomic E-state index is -0.959. The Bertz CT molecular complexity index is 463. The summed E-state index contributed by atoms with van der Waals surface area (Å²) in [7, 11) is 0. The highest BCUT2D eigenvalue weighted by Gasteiger charge is 2.36. The maximum Gasteiger partial charge on any atom is 0.326 e. The van der Waals surface area contributed by atoms with Crippen molar-refractivity contribution in [3.05, 3.63) is 24.5 Å². The first-order valence-electron chi connectivity index (χ1n) is 6.19. The van der Waals surface area contributed by atoms with Crippen molar-refractivity contribution < 1.29 is 19.4 Å². The average molecular weight is 264 g/mol. The van der Waals surface area contributed by atoms with Crippen LogP contribution in [0.15, 0.2) is 24.5 Å². The highest BCUT2D eigenvalue weighted by atomic mass is 16.5. The van der Waals surface area contributed by atoms with Gasteiger partial charge in [-0.15, -0.1) is 0 Å². The highest BCUT2D eigenvalue weighted by Crippen LogP contribution is 2.20. The van der Waals surface area contributed by atoms with Crippen LogP contribution >= 0.6 is 0 Å². The summed E-state index contributed by atoms with van der Waals surface area (Å²) in [5.41, 5.74) is 0. The van der Waals surface area contributed by atoms with Crippen molar-refractivity contribution in [3.63, 3.8) is 0 Å². The third kappa shape index (κ3) is 3.01. The molecule has 1 saturated heterocycles. The summed E-state index contributed by atoms with van der Waals surface area (Å²) >= 11 is 0. The number of amides is 1. The number of ether oxygens (including phenoxy) is 1. The van der Waals surface area contributed by atoms with Gasteiger partial charge in [0.1, 0.15) is 11.8 Å². The fourth-order valence-corrected chi connectivity index (χ4v) is 2.19. The summed E-state index contributed by atoms with van der Waals surface area (Å²) in [4.78, 5) is 28.5. The van der Waals surface area contributed by atoms with Crippen molar-refractivity contribution in [2.24, 2.45) is 0 Å². The van der Waals surface area contributed by atoms with E-state index in [9.17, 15) is 9.59 Å². The molecule has 0 saturated carbocycles. The van der Waals surface area contributed by atoms with E-state index in [0.29, 0.717) is 25.1 Å². The Labute approximate surface area is 111 Å². The molecule has 1 aromatic rings. The van der Waals surface area contributed by atoms with E-state index in [0.717, 1.165) is 0 Å². The molecule has 6 heteroatoms. The molecular weight excluding hydrogens is 248 g/mol. The molecule has 2 atom stereocenters. The molecule has 0 aromatic carbocycles. The standard InChI is InChI=1S/C13H16N2O4/c1-9(19-10-4-2-6-14-8-10)12(16)15-7-3-5-11(15)13(17)18/h2,4,6,8-9,11H,3,5,7H2,1H3,(H,17,18)/t9-,11-/m0/s1. The monoisotopic (exact) mass is 264 g/mol. The molecule has 1 amide bonds. The van der Waals surface area contributed by atoms with Gasteiger partial charge >= 0.3 is 5.97 Å². The van der Waals surface area contributed by atoms with Gasteiger partial charge in [-0.3, -0.25) is 9.78 Å². The van der Waals surface area contributed by atoms with Gasteiger partial charge in [-0.1, -0.05) is 0 Å². The Hall–Kier alpha value is -2.11. The quantitative estimate of drug-likeness (QED) is 0.874. The first-order valence-corrected chi connectivity index (χ1v) is 6.19. The van der Waals surface area contributed by atoms with Crippen LogP contribution in [0.25, 0.3) is 0 Å². The van der Waals surface area contributed by atoms with Gasteiger partial charge in [0, 0.05) is 12.7 Å². The first kappa shape index (κ1) is 13.3. The minimum absolute atomic E-state index is 0.297. The van der Waals surface area contributed by atoms with Crippen molar-refractivity contribution >= 4 is 11.9 Å². The molecule has 0 aliphatic carbocycles. The number of pyridine rings is 1. The number of hydrogen-bond acceptors (Lipinski definition) is 4.